The van der Waals surface area contributed by atoms with E-state index in [2.05, 4.69) is 31.3 Å². The van der Waals surface area contributed by atoms with Crippen LogP contribution in [-0.4, -0.2) is 182 Å². The van der Waals surface area contributed by atoms with Gasteiger partial charge in [0.05, 0.1) is 50.1 Å². The average Bonchev–Trinajstić information content (AvgIpc) is 3.11. The zero-order valence-corrected chi connectivity index (χ0v) is 29.2. The predicted molar refractivity (Wildman–Crippen MR) is 173 cm³/mol. The molecule has 2 saturated heterocycles. The molecule has 3 rings (SSSR count). The summed E-state index contributed by atoms with van der Waals surface area (Å²) in [6.45, 7) is -1.26. The van der Waals surface area contributed by atoms with Crippen molar-refractivity contribution >= 4 is 5.91 Å². The fourth-order valence-electron chi connectivity index (χ4n) is 7.67. The Morgan fingerprint density at radius 2 is 1.41 bits per heavy atom. The fourth-order valence-corrected chi connectivity index (χ4v) is 7.67. The molecular formula is C30H57N7O12. The molecule has 19 nitrogen and oxygen atoms in total. The number of carbonyl (C=O) groups excluding carboxylic acids is 1. The van der Waals surface area contributed by atoms with Gasteiger partial charge in [0.2, 0.25) is 5.91 Å². The summed E-state index contributed by atoms with van der Waals surface area (Å²) in [6, 6.07) is -1.63. The third-order valence-electron chi connectivity index (χ3n) is 10.0. The van der Waals surface area contributed by atoms with E-state index in [4.69, 9.17) is 38.7 Å². The highest BCUT2D eigenvalue weighted by Crippen LogP contribution is 2.39. The second-order valence-electron chi connectivity index (χ2n) is 12.6. The molecule has 3 fully saturated rings. The first-order valence-electron chi connectivity index (χ1n) is 16.6. The van der Waals surface area contributed by atoms with E-state index < -0.39 is 110 Å². The number of azide groups is 1. The van der Waals surface area contributed by atoms with Gasteiger partial charge in [0.25, 0.3) is 0 Å². The van der Waals surface area contributed by atoms with Gasteiger partial charge in [0.15, 0.2) is 12.6 Å². The Bertz CT molecular complexity index is 1030. The number of methoxy groups -OCH3 is 3. The number of nitrogens with zero attached hydrogens (tertiary/aromatic N) is 3. The van der Waals surface area contributed by atoms with Crippen LogP contribution >= 0.6 is 0 Å². The minimum atomic E-state index is -1.04. The van der Waals surface area contributed by atoms with Gasteiger partial charge in [-0.05, 0) is 33.1 Å². The van der Waals surface area contributed by atoms with Crippen LogP contribution in [0.25, 0.3) is 10.4 Å². The zero-order chi connectivity index (χ0) is 36.1. The maximum atomic E-state index is 12.9. The molecule has 1 amide bonds. The second-order valence-corrected chi connectivity index (χ2v) is 12.6. The Kier molecular flexibility index (Phi) is 17.8. The molecule has 19 heteroatoms. The zero-order valence-electron chi connectivity index (χ0n) is 29.2. The average molecular weight is 708 g/mol. The van der Waals surface area contributed by atoms with Crippen LogP contribution in [0, 0.1) is 23.7 Å². The van der Waals surface area contributed by atoms with Gasteiger partial charge >= 0.3 is 0 Å². The molecule has 2 heterocycles. The van der Waals surface area contributed by atoms with Crippen LogP contribution < -0.4 is 21.3 Å². The van der Waals surface area contributed by atoms with Crippen molar-refractivity contribution < 1.29 is 58.4 Å². The van der Waals surface area contributed by atoms with E-state index in [-0.39, 0.29) is 32.8 Å². The normalized spacial score (nSPS) is 39.7. The van der Waals surface area contributed by atoms with E-state index in [0.717, 1.165) is 0 Å². The Hall–Kier alpha value is -1.78. The van der Waals surface area contributed by atoms with Crippen LogP contribution in [0.2, 0.25) is 0 Å². The lowest BCUT2D eigenvalue weighted by atomic mass is 9.77. The number of ether oxygens (including phenoxy) is 7. The number of rotatable bonds is 19. The van der Waals surface area contributed by atoms with Gasteiger partial charge in [-0.2, -0.15) is 0 Å². The van der Waals surface area contributed by atoms with Crippen LogP contribution in [0.5, 0.6) is 0 Å². The number of hydrogen-bond donors (Lipinski definition) is 8. The highest BCUT2D eigenvalue weighted by atomic mass is 16.7. The van der Waals surface area contributed by atoms with Crippen LogP contribution in [0.15, 0.2) is 5.11 Å². The van der Waals surface area contributed by atoms with Crippen molar-refractivity contribution in [2.45, 2.75) is 73.8 Å². The second kappa shape index (κ2) is 20.9. The summed E-state index contributed by atoms with van der Waals surface area (Å²) < 4.78 is 43.0. The van der Waals surface area contributed by atoms with E-state index >= 15 is 0 Å². The highest BCUT2D eigenvalue weighted by Gasteiger charge is 2.54. The fraction of sp³-hybridized carbons (Fsp3) is 0.967. The minimum Gasteiger partial charge on any atom is -0.396 e. The monoisotopic (exact) mass is 707 g/mol. The van der Waals surface area contributed by atoms with Gasteiger partial charge in [-0.15, -0.1) is 0 Å². The first-order chi connectivity index (χ1) is 23.7. The van der Waals surface area contributed by atoms with E-state index in [0.29, 0.717) is 6.54 Å². The Balaban J connectivity index is 2.03. The first kappa shape index (κ1) is 41.6. The maximum absolute atomic E-state index is 12.9. The molecule has 2 aliphatic heterocycles. The summed E-state index contributed by atoms with van der Waals surface area (Å²) in [6.07, 6.45) is -5.96. The predicted octanol–water partition coefficient (Wildman–Crippen LogP) is -3.09. The number of hydrogen-bond acceptors (Lipinski definition) is 16. The summed E-state index contributed by atoms with van der Waals surface area (Å²) >= 11 is 0. The lowest BCUT2D eigenvalue weighted by molar-refractivity contribution is -0.325. The molecule has 0 spiro atoms. The molecular weight excluding hydrogens is 650 g/mol. The summed E-state index contributed by atoms with van der Waals surface area (Å²) in [7, 11) is 9.75. The highest BCUT2D eigenvalue weighted by molar-refractivity contribution is 5.78. The van der Waals surface area contributed by atoms with Gasteiger partial charge in [-0.25, -0.2) is 0 Å². The van der Waals surface area contributed by atoms with Crippen molar-refractivity contribution in [2.75, 3.05) is 88.6 Å². The standard InChI is InChI=1S/C30H57N7O12/c1-32-8-21-15(10-38)16(11-39)27(44-5)30(46-21)49-25-18(13-41)26(20(7-19(25)33-2)36-23(42)9-35-37-31)48-29-17(12-40)24(34-3)28(45-6)22(47-29)14-43-4/h15-22,24-30,32-34,38-41H,7-14H2,1-6H3,(H,36,42)/t15-,16?,17?,18?,19?,20+,21?,22?,24-,25-,26-,27-,28+,29+,30+/m0/s1. The molecule has 15 atom stereocenters. The Morgan fingerprint density at radius 1 is 0.796 bits per heavy atom. The largest absolute Gasteiger partial charge is 0.396 e. The van der Waals surface area contributed by atoms with E-state index in [1.807, 2.05) is 0 Å². The van der Waals surface area contributed by atoms with Crippen molar-refractivity contribution in [3.8, 4) is 0 Å². The van der Waals surface area contributed by atoms with Crippen molar-refractivity contribution in [1.29, 1.82) is 0 Å². The summed E-state index contributed by atoms with van der Waals surface area (Å²) in [5.74, 6) is -2.97. The third-order valence-corrected chi connectivity index (χ3v) is 10.0. The van der Waals surface area contributed by atoms with Crippen LogP contribution in [0.3, 0.4) is 0 Å². The van der Waals surface area contributed by atoms with Crippen molar-refractivity contribution in [2.24, 2.45) is 28.8 Å². The van der Waals surface area contributed by atoms with Crippen LogP contribution in [-0.2, 0) is 38.0 Å². The molecule has 0 aromatic heterocycles. The number of likely N-dealkylation sites (N-methyl/N-ethyl adjacent to an activating group) is 3. The molecule has 0 aromatic rings. The summed E-state index contributed by atoms with van der Waals surface area (Å²) in [4.78, 5) is 15.6. The van der Waals surface area contributed by atoms with Gasteiger partial charge in [-0.1, -0.05) is 5.11 Å². The van der Waals surface area contributed by atoms with Crippen molar-refractivity contribution in [1.82, 2.24) is 21.3 Å². The molecule has 1 aliphatic carbocycles. The molecule has 8 N–H and O–H groups in total. The number of aliphatic hydroxyl groups is 4. The van der Waals surface area contributed by atoms with Gasteiger partial charge in [-0.3, -0.25) is 4.79 Å². The molecule has 0 radical (unpaired) electrons. The first-order valence-corrected chi connectivity index (χ1v) is 16.6. The van der Waals surface area contributed by atoms with E-state index in [9.17, 15) is 25.2 Å². The molecule has 1 saturated carbocycles. The Labute approximate surface area is 287 Å². The van der Waals surface area contributed by atoms with Gasteiger partial charge in [0, 0.05) is 75.8 Å². The molecule has 284 valence electrons. The smallest absolute Gasteiger partial charge is 0.226 e. The lowest BCUT2D eigenvalue weighted by Crippen LogP contribution is -2.68. The van der Waals surface area contributed by atoms with E-state index in [1.165, 1.54) is 14.2 Å². The molecule has 0 aromatic carbocycles. The maximum Gasteiger partial charge on any atom is 0.226 e. The Morgan fingerprint density at radius 3 is 1.94 bits per heavy atom. The van der Waals surface area contributed by atoms with Crippen molar-refractivity contribution in [3.63, 3.8) is 0 Å². The molecule has 3 aliphatic rings. The lowest BCUT2D eigenvalue weighted by Gasteiger charge is -2.52. The number of amides is 1. The topological polar surface area (TPSA) is 259 Å². The van der Waals surface area contributed by atoms with Crippen LogP contribution in [0.4, 0.5) is 0 Å². The number of nitrogens with one attached hydrogen (secondary N) is 4. The number of carbonyl (C=O) groups is 1. The SMILES string of the molecule is CNCC1O[C@H](O[C@@H]2C(NC)C[C@@H](NC(=O)CN=[N+]=[N-])[C@@H](O[C@H]3OC(COC)[C@@H](OC)[C@@H](NC)C3CO)C2CO)[C@@H](OC)C(CO)[C@@H]1CO. The summed E-state index contributed by atoms with van der Waals surface area (Å²) in [5, 5.41) is 57.9. The van der Waals surface area contributed by atoms with Crippen molar-refractivity contribution in [3.05, 3.63) is 10.4 Å². The van der Waals surface area contributed by atoms with Gasteiger partial charge in [0.1, 0.15) is 24.9 Å². The third kappa shape index (κ3) is 9.76. The minimum absolute atomic E-state index is 0.161. The number of aliphatic hydroxyl groups excluding tert-OH is 4. The molecule has 49 heavy (non-hydrogen) atoms. The van der Waals surface area contributed by atoms with Gasteiger partial charge < -0.3 is 74.9 Å². The molecule has 6 unspecified atom stereocenters. The summed E-state index contributed by atoms with van der Waals surface area (Å²) in [5.41, 5.74) is 8.79. The van der Waals surface area contributed by atoms with Crippen LogP contribution in [0.1, 0.15) is 6.42 Å². The molecule has 0 bridgehead atoms. The van der Waals surface area contributed by atoms with E-state index in [1.54, 1.807) is 28.3 Å². The quantitative estimate of drug-likeness (QED) is 0.0376.